The molecule has 1 fully saturated rings. The first-order chi connectivity index (χ1) is 6.94. The van der Waals surface area contributed by atoms with E-state index in [0.717, 1.165) is 6.42 Å². The molecule has 1 rings (SSSR count). The zero-order valence-corrected chi connectivity index (χ0v) is 11.1. The summed E-state index contributed by atoms with van der Waals surface area (Å²) >= 11 is 3.40. The lowest BCUT2D eigenvalue weighted by atomic mass is 10.1. The van der Waals surface area contributed by atoms with E-state index in [-0.39, 0.29) is 28.2 Å². The fraction of sp³-hybridized carbons (Fsp3) is 0.889. The van der Waals surface area contributed by atoms with Crippen molar-refractivity contribution >= 4 is 31.7 Å². The van der Waals surface area contributed by atoms with Gasteiger partial charge in [0.15, 0.2) is 9.84 Å². The molecule has 88 valence electrons. The number of nitrogens with one attached hydrogen (secondary N) is 1. The van der Waals surface area contributed by atoms with Crippen LogP contribution in [0.15, 0.2) is 0 Å². The molecule has 1 saturated heterocycles. The van der Waals surface area contributed by atoms with Crippen LogP contribution in [0.25, 0.3) is 0 Å². The largest absolute Gasteiger partial charge is 0.355 e. The van der Waals surface area contributed by atoms with Gasteiger partial charge in [-0.05, 0) is 12.8 Å². The minimum atomic E-state index is -2.96. The lowest BCUT2D eigenvalue weighted by Gasteiger charge is -2.11. The summed E-state index contributed by atoms with van der Waals surface area (Å²) in [6.45, 7) is 2.58. The van der Waals surface area contributed by atoms with Crippen LogP contribution in [0.5, 0.6) is 0 Å². The SMILES string of the molecule is CCC(Br)CNC(=O)C1CCS(=O)(=O)C1. The Morgan fingerprint density at radius 3 is 2.73 bits per heavy atom. The first-order valence-electron chi connectivity index (χ1n) is 5.07. The summed E-state index contributed by atoms with van der Waals surface area (Å²) in [7, 11) is -2.96. The second-order valence-electron chi connectivity index (χ2n) is 3.85. The molecule has 1 heterocycles. The molecule has 0 spiro atoms. The molecular weight excluding hydrogens is 282 g/mol. The lowest BCUT2D eigenvalue weighted by Crippen LogP contribution is -2.35. The number of carbonyl (C=O) groups is 1. The van der Waals surface area contributed by atoms with Crippen LogP contribution in [0.4, 0.5) is 0 Å². The molecule has 1 aliphatic rings. The van der Waals surface area contributed by atoms with E-state index in [0.29, 0.717) is 13.0 Å². The van der Waals surface area contributed by atoms with E-state index in [1.807, 2.05) is 6.92 Å². The summed E-state index contributed by atoms with van der Waals surface area (Å²) in [5.41, 5.74) is 0. The van der Waals surface area contributed by atoms with Crippen molar-refractivity contribution in [2.24, 2.45) is 5.92 Å². The van der Waals surface area contributed by atoms with Crippen molar-refractivity contribution in [2.45, 2.75) is 24.6 Å². The van der Waals surface area contributed by atoms with E-state index in [9.17, 15) is 13.2 Å². The van der Waals surface area contributed by atoms with Gasteiger partial charge in [-0.25, -0.2) is 8.42 Å². The quantitative estimate of drug-likeness (QED) is 0.778. The third-order valence-electron chi connectivity index (χ3n) is 2.54. The molecule has 0 aromatic heterocycles. The number of sulfone groups is 1. The molecule has 2 unspecified atom stereocenters. The topological polar surface area (TPSA) is 63.2 Å². The normalized spacial score (nSPS) is 26.1. The van der Waals surface area contributed by atoms with Crippen molar-refractivity contribution < 1.29 is 13.2 Å². The predicted octanol–water partition coefficient (Wildman–Crippen LogP) is 0.711. The van der Waals surface area contributed by atoms with Gasteiger partial charge in [-0.1, -0.05) is 22.9 Å². The zero-order chi connectivity index (χ0) is 11.5. The summed E-state index contributed by atoms with van der Waals surface area (Å²) in [4.78, 5) is 11.8. The van der Waals surface area contributed by atoms with Crippen molar-refractivity contribution in [2.75, 3.05) is 18.1 Å². The number of hydrogen-bond acceptors (Lipinski definition) is 3. The van der Waals surface area contributed by atoms with Crippen LogP contribution in [0.1, 0.15) is 19.8 Å². The first kappa shape index (κ1) is 13.0. The second-order valence-corrected chi connectivity index (χ2v) is 7.37. The summed E-state index contributed by atoms with van der Waals surface area (Å²) in [6, 6.07) is 0. The van der Waals surface area contributed by atoms with Gasteiger partial charge < -0.3 is 5.32 Å². The fourth-order valence-electron chi connectivity index (χ4n) is 1.50. The van der Waals surface area contributed by atoms with Gasteiger partial charge in [0.2, 0.25) is 5.91 Å². The standard InChI is InChI=1S/C9H16BrNO3S/c1-2-8(10)5-11-9(12)7-3-4-15(13,14)6-7/h7-8H,2-6H2,1H3,(H,11,12). The Morgan fingerprint density at radius 2 is 2.27 bits per heavy atom. The first-order valence-corrected chi connectivity index (χ1v) is 7.80. The lowest BCUT2D eigenvalue weighted by molar-refractivity contribution is -0.124. The highest BCUT2D eigenvalue weighted by Crippen LogP contribution is 2.18. The van der Waals surface area contributed by atoms with Crippen LogP contribution < -0.4 is 5.32 Å². The summed E-state index contributed by atoms with van der Waals surface area (Å²) < 4.78 is 22.3. The molecule has 15 heavy (non-hydrogen) atoms. The average molecular weight is 298 g/mol. The maximum absolute atomic E-state index is 11.6. The minimum Gasteiger partial charge on any atom is -0.355 e. The van der Waals surface area contributed by atoms with Crippen molar-refractivity contribution in [3.63, 3.8) is 0 Å². The second kappa shape index (κ2) is 5.30. The Kier molecular flexibility index (Phi) is 4.58. The van der Waals surface area contributed by atoms with E-state index < -0.39 is 9.84 Å². The van der Waals surface area contributed by atoms with Gasteiger partial charge in [0.25, 0.3) is 0 Å². The molecular formula is C9H16BrNO3S. The molecule has 1 aliphatic heterocycles. The highest BCUT2D eigenvalue weighted by atomic mass is 79.9. The Hall–Kier alpha value is -0.100. The van der Waals surface area contributed by atoms with Crippen LogP contribution in [0.2, 0.25) is 0 Å². The van der Waals surface area contributed by atoms with Crippen LogP contribution in [0, 0.1) is 5.92 Å². The van der Waals surface area contributed by atoms with Gasteiger partial charge in [0.1, 0.15) is 0 Å². The molecule has 0 radical (unpaired) electrons. The number of halogens is 1. The van der Waals surface area contributed by atoms with Gasteiger partial charge in [-0.3, -0.25) is 4.79 Å². The van der Waals surface area contributed by atoms with Gasteiger partial charge in [0, 0.05) is 11.4 Å². The summed E-state index contributed by atoms with van der Waals surface area (Å²) in [6.07, 6.45) is 1.40. The summed E-state index contributed by atoms with van der Waals surface area (Å²) in [5.74, 6) is -0.311. The Balaban J connectivity index is 2.36. The molecule has 2 atom stereocenters. The van der Waals surface area contributed by atoms with Crippen molar-refractivity contribution in [1.82, 2.24) is 5.32 Å². The smallest absolute Gasteiger partial charge is 0.224 e. The maximum Gasteiger partial charge on any atom is 0.224 e. The number of rotatable bonds is 4. The van der Waals surface area contributed by atoms with E-state index in [2.05, 4.69) is 21.2 Å². The maximum atomic E-state index is 11.6. The van der Waals surface area contributed by atoms with E-state index in [4.69, 9.17) is 0 Å². The average Bonchev–Trinajstić information content (AvgIpc) is 2.54. The molecule has 0 bridgehead atoms. The molecule has 6 heteroatoms. The Morgan fingerprint density at radius 1 is 1.60 bits per heavy atom. The molecule has 0 aromatic carbocycles. The molecule has 0 aromatic rings. The van der Waals surface area contributed by atoms with E-state index >= 15 is 0 Å². The van der Waals surface area contributed by atoms with Gasteiger partial charge in [-0.2, -0.15) is 0 Å². The van der Waals surface area contributed by atoms with Crippen molar-refractivity contribution in [3.8, 4) is 0 Å². The number of amides is 1. The van der Waals surface area contributed by atoms with Gasteiger partial charge in [0.05, 0.1) is 17.4 Å². The summed E-state index contributed by atoms with van der Waals surface area (Å²) in [5, 5.41) is 2.76. The van der Waals surface area contributed by atoms with E-state index in [1.165, 1.54) is 0 Å². The van der Waals surface area contributed by atoms with Gasteiger partial charge in [-0.15, -0.1) is 0 Å². The Labute approximate surface area is 98.9 Å². The predicted molar refractivity (Wildman–Crippen MR) is 62.8 cm³/mol. The molecule has 0 saturated carbocycles. The monoisotopic (exact) mass is 297 g/mol. The zero-order valence-electron chi connectivity index (χ0n) is 8.70. The van der Waals surface area contributed by atoms with Crippen LogP contribution in [0.3, 0.4) is 0 Å². The number of carbonyl (C=O) groups excluding carboxylic acids is 1. The van der Waals surface area contributed by atoms with Crippen LogP contribution >= 0.6 is 15.9 Å². The third kappa shape index (κ3) is 4.10. The molecule has 0 aliphatic carbocycles. The fourth-order valence-corrected chi connectivity index (χ4v) is 3.41. The minimum absolute atomic E-state index is 0.0118. The number of alkyl halides is 1. The Bertz CT molecular complexity index is 328. The third-order valence-corrected chi connectivity index (χ3v) is 5.28. The highest BCUT2D eigenvalue weighted by molar-refractivity contribution is 9.09. The molecule has 1 amide bonds. The molecule has 4 nitrogen and oxygen atoms in total. The van der Waals surface area contributed by atoms with Crippen LogP contribution in [-0.2, 0) is 14.6 Å². The molecule has 1 N–H and O–H groups in total. The van der Waals surface area contributed by atoms with Crippen molar-refractivity contribution in [1.29, 1.82) is 0 Å². The van der Waals surface area contributed by atoms with Crippen molar-refractivity contribution in [3.05, 3.63) is 0 Å². The van der Waals surface area contributed by atoms with Crippen LogP contribution in [-0.4, -0.2) is 37.2 Å². The highest BCUT2D eigenvalue weighted by Gasteiger charge is 2.32. The van der Waals surface area contributed by atoms with Gasteiger partial charge >= 0.3 is 0 Å². The van der Waals surface area contributed by atoms with E-state index in [1.54, 1.807) is 0 Å². The number of hydrogen-bond donors (Lipinski definition) is 1.